The molecule has 0 amide bonds. The number of benzene rings is 3. The van der Waals surface area contributed by atoms with E-state index >= 15 is 0 Å². The molecular formula is C36H40ClN7O4. The van der Waals surface area contributed by atoms with Gasteiger partial charge in [0.2, 0.25) is 5.79 Å². The maximum atomic E-state index is 12.8. The number of halogens is 1. The van der Waals surface area contributed by atoms with E-state index in [1.54, 1.807) is 26.5 Å². The molecule has 7 rings (SSSR count). The minimum absolute atomic E-state index is 0.0697. The molecule has 2 saturated heterocycles. The van der Waals surface area contributed by atoms with Crippen molar-refractivity contribution in [2.75, 3.05) is 49.2 Å². The van der Waals surface area contributed by atoms with Crippen LogP contribution in [0.1, 0.15) is 31.9 Å². The number of hydrogen-bond donors (Lipinski definition) is 0. The van der Waals surface area contributed by atoms with Crippen LogP contribution in [0.5, 0.6) is 5.75 Å². The number of piperazine rings is 1. The van der Waals surface area contributed by atoms with Gasteiger partial charge in [0.15, 0.2) is 0 Å². The smallest absolute Gasteiger partial charge is 0.350 e. The number of rotatable bonds is 11. The van der Waals surface area contributed by atoms with E-state index in [9.17, 15) is 4.79 Å². The van der Waals surface area contributed by atoms with E-state index in [-0.39, 0.29) is 17.8 Å². The lowest BCUT2D eigenvalue weighted by Gasteiger charge is -2.37. The minimum atomic E-state index is -1.05. The third-order valence-electron chi connectivity index (χ3n) is 9.19. The number of anilines is 2. The van der Waals surface area contributed by atoms with E-state index in [4.69, 9.17) is 25.8 Å². The van der Waals surface area contributed by atoms with Gasteiger partial charge in [0.05, 0.1) is 24.9 Å². The molecule has 3 unspecified atom stereocenters. The van der Waals surface area contributed by atoms with Gasteiger partial charge in [-0.25, -0.2) is 14.0 Å². The predicted molar refractivity (Wildman–Crippen MR) is 185 cm³/mol. The highest BCUT2D eigenvalue weighted by Crippen LogP contribution is 2.39. The lowest BCUT2D eigenvalue weighted by Crippen LogP contribution is -2.46. The average Bonchev–Trinajstić information content (AvgIpc) is 3.89. The summed E-state index contributed by atoms with van der Waals surface area (Å²) in [4.78, 5) is 17.6. The zero-order valence-corrected chi connectivity index (χ0v) is 27.9. The van der Waals surface area contributed by atoms with E-state index in [1.165, 1.54) is 0 Å². The number of nitrogens with zero attached hydrogens (tertiary/aromatic N) is 7. The van der Waals surface area contributed by atoms with Crippen LogP contribution in [0.3, 0.4) is 0 Å². The fourth-order valence-corrected chi connectivity index (χ4v) is 6.57. The molecule has 48 heavy (non-hydrogen) atoms. The summed E-state index contributed by atoms with van der Waals surface area (Å²) in [5.74, 6) is -0.277. The monoisotopic (exact) mass is 669 g/mol. The van der Waals surface area contributed by atoms with Crippen molar-refractivity contribution in [2.24, 2.45) is 0 Å². The molecule has 2 aliphatic rings. The zero-order valence-electron chi connectivity index (χ0n) is 27.2. The second kappa shape index (κ2) is 13.9. The summed E-state index contributed by atoms with van der Waals surface area (Å²) in [6.45, 7) is 8.74. The zero-order chi connectivity index (χ0) is 33.1. The van der Waals surface area contributed by atoms with Crippen LogP contribution in [0.25, 0.3) is 5.69 Å². The third kappa shape index (κ3) is 6.58. The fourth-order valence-electron chi connectivity index (χ4n) is 6.29. The molecule has 250 valence electrons. The van der Waals surface area contributed by atoms with Crippen molar-refractivity contribution in [3.05, 3.63) is 119 Å². The van der Waals surface area contributed by atoms with Crippen LogP contribution in [0.15, 0.2) is 102 Å². The molecule has 2 aliphatic heterocycles. The van der Waals surface area contributed by atoms with E-state index in [0.29, 0.717) is 24.8 Å². The number of hydrogen-bond acceptors (Lipinski definition) is 8. The topological polar surface area (TPSA) is 91.8 Å². The summed E-state index contributed by atoms with van der Waals surface area (Å²) in [6.07, 6.45) is 5.79. The fraction of sp³-hybridized carbons (Fsp3) is 0.361. The summed E-state index contributed by atoms with van der Waals surface area (Å²) < 4.78 is 23.9. The van der Waals surface area contributed by atoms with Gasteiger partial charge in [0.1, 0.15) is 24.8 Å². The molecule has 5 aromatic rings. The second-order valence-corrected chi connectivity index (χ2v) is 12.7. The quantitative estimate of drug-likeness (QED) is 0.181. The van der Waals surface area contributed by atoms with E-state index in [2.05, 4.69) is 51.2 Å². The Morgan fingerprint density at radius 1 is 0.917 bits per heavy atom. The molecule has 0 spiro atoms. The highest BCUT2D eigenvalue weighted by Gasteiger charge is 2.45. The summed E-state index contributed by atoms with van der Waals surface area (Å²) in [5, 5.41) is 9.24. The number of aromatic nitrogens is 5. The Labute approximate surface area is 284 Å². The van der Waals surface area contributed by atoms with Crippen LogP contribution in [0.4, 0.5) is 11.4 Å². The van der Waals surface area contributed by atoms with Crippen LogP contribution in [-0.4, -0.2) is 69.6 Å². The molecule has 0 N–H and O–H groups in total. The molecule has 4 heterocycles. The van der Waals surface area contributed by atoms with Crippen molar-refractivity contribution in [3.8, 4) is 11.4 Å². The average molecular weight is 670 g/mol. The van der Waals surface area contributed by atoms with Crippen molar-refractivity contribution in [1.82, 2.24) is 24.1 Å². The third-order valence-corrected chi connectivity index (χ3v) is 9.51. The summed E-state index contributed by atoms with van der Waals surface area (Å²) >= 11 is 6.58. The lowest BCUT2D eigenvalue weighted by molar-refractivity contribution is -0.190. The maximum absolute atomic E-state index is 12.8. The standard InChI is InChI=1S/C36H40ClN7O4/c1-3-27(2)44-35(45)43(26-39-44)30-11-9-28(10-12-30)40-19-21-41(22-20-40)29-13-15-31(16-14-29)46-23-32-24-47-36(48-32,25-42-18-6-17-38-42)33-7-4-5-8-34(33)37/h4-18,26-27,32H,3,19-25H2,1-2H3. The molecule has 0 saturated carbocycles. The van der Waals surface area contributed by atoms with Crippen molar-refractivity contribution < 1.29 is 14.2 Å². The van der Waals surface area contributed by atoms with Crippen LogP contribution < -0.4 is 20.2 Å². The van der Waals surface area contributed by atoms with Gasteiger partial charge in [-0.1, -0.05) is 36.7 Å². The molecule has 12 heteroatoms. The molecular weight excluding hydrogens is 630 g/mol. The summed E-state index contributed by atoms with van der Waals surface area (Å²) in [7, 11) is 0. The molecule has 2 fully saturated rings. The normalized spacial score (nSPS) is 20.3. The molecule has 3 aromatic carbocycles. The minimum Gasteiger partial charge on any atom is -0.491 e. The SMILES string of the molecule is CCC(C)n1ncn(-c2ccc(N3CCN(c4ccc(OCC5COC(Cn6cccn6)(c6ccccc6Cl)O5)cc4)CC3)cc2)c1=O. The van der Waals surface area contributed by atoms with Gasteiger partial charge in [-0.3, -0.25) is 4.68 Å². The second-order valence-electron chi connectivity index (χ2n) is 12.3. The number of ether oxygens (including phenoxy) is 3. The molecule has 0 radical (unpaired) electrons. The molecule has 0 aliphatic carbocycles. The van der Waals surface area contributed by atoms with Gasteiger partial charge in [-0.2, -0.15) is 10.2 Å². The Kier molecular flexibility index (Phi) is 9.25. The molecule has 11 nitrogen and oxygen atoms in total. The largest absolute Gasteiger partial charge is 0.491 e. The van der Waals surface area contributed by atoms with Gasteiger partial charge < -0.3 is 24.0 Å². The first kappa shape index (κ1) is 32.0. The van der Waals surface area contributed by atoms with Gasteiger partial charge in [0, 0.05) is 60.5 Å². The highest BCUT2D eigenvalue weighted by atomic mass is 35.5. The van der Waals surface area contributed by atoms with Gasteiger partial charge >= 0.3 is 5.69 Å². The Hall–Kier alpha value is -4.58. The lowest BCUT2D eigenvalue weighted by atomic mass is 10.1. The van der Waals surface area contributed by atoms with Crippen LogP contribution in [-0.2, 0) is 21.8 Å². The van der Waals surface area contributed by atoms with E-state index in [0.717, 1.165) is 61.0 Å². The Morgan fingerprint density at radius 3 is 2.23 bits per heavy atom. The Morgan fingerprint density at radius 2 is 1.58 bits per heavy atom. The first-order valence-electron chi connectivity index (χ1n) is 16.5. The van der Waals surface area contributed by atoms with Crippen LogP contribution in [0, 0.1) is 0 Å². The predicted octanol–water partition coefficient (Wildman–Crippen LogP) is 5.53. The first-order valence-corrected chi connectivity index (χ1v) is 16.8. The van der Waals surface area contributed by atoms with Gasteiger partial charge in [-0.05, 0) is 74.0 Å². The molecule has 3 atom stereocenters. The van der Waals surface area contributed by atoms with Crippen molar-refractivity contribution in [1.29, 1.82) is 0 Å². The van der Waals surface area contributed by atoms with Crippen molar-refractivity contribution >= 4 is 23.0 Å². The Balaban J connectivity index is 0.921. The van der Waals surface area contributed by atoms with E-state index in [1.807, 2.05) is 67.7 Å². The maximum Gasteiger partial charge on any atom is 0.350 e. The first-order chi connectivity index (χ1) is 23.4. The highest BCUT2D eigenvalue weighted by molar-refractivity contribution is 6.31. The molecule has 0 bridgehead atoms. The van der Waals surface area contributed by atoms with E-state index < -0.39 is 5.79 Å². The van der Waals surface area contributed by atoms with Crippen molar-refractivity contribution in [2.45, 2.75) is 44.7 Å². The van der Waals surface area contributed by atoms with Gasteiger partial charge in [0.25, 0.3) is 0 Å². The van der Waals surface area contributed by atoms with Crippen molar-refractivity contribution in [3.63, 3.8) is 0 Å². The molecule has 2 aromatic heterocycles. The van der Waals surface area contributed by atoms with Gasteiger partial charge in [-0.15, -0.1) is 0 Å². The summed E-state index contributed by atoms with van der Waals surface area (Å²) in [6, 6.07) is 25.9. The van der Waals surface area contributed by atoms with Crippen LogP contribution in [0.2, 0.25) is 5.02 Å². The Bertz CT molecular complexity index is 1850. The summed E-state index contributed by atoms with van der Waals surface area (Å²) in [5.41, 5.74) is 3.78. The van der Waals surface area contributed by atoms with Crippen LogP contribution >= 0.6 is 11.6 Å².